The van der Waals surface area contributed by atoms with E-state index in [4.69, 9.17) is 4.74 Å². The molecule has 6 heteroatoms. The van der Waals surface area contributed by atoms with Crippen molar-refractivity contribution in [1.82, 2.24) is 5.32 Å². The largest absolute Gasteiger partial charge is 0.462 e. The van der Waals surface area contributed by atoms with E-state index in [2.05, 4.69) is 74.7 Å². The van der Waals surface area contributed by atoms with Crippen LogP contribution < -0.4 is 5.32 Å². The number of hydrogen-bond acceptors (Lipinski definition) is 5. The van der Waals surface area contributed by atoms with E-state index in [1.165, 1.54) is 141 Å². The smallest absolute Gasteiger partial charge is 0.306 e. The van der Waals surface area contributed by atoms with E-state index < -0.39 is 18.2 Å². The zero-order chi connectivity index (χ0) is 45.9. The van der Waals surface area contributed by atoms with Crippen molar-refractivity contribution in [3.8, 4) is 0 Å². The molecule has 63 heavy (non-hydrogen) atoms. The number of carbonyl (C=O) groups is 2. The molecule has 1 amide bonds. The molecule has 0 heterocycles. The van der Waals surface area contributed by atoms with Gasteiger partial charge in [-0.2, -0.15) is 0 Å². The van der Waals surface area contributed by atoms with Gasteiger partial charge in [-0.15, -0.1) is 0 Å². The highest BCUT2D eigenvalue weighted by molar-refractivity contribution is 5.77. The first kappa shape index (κ1) is 60.8. The highest BCUT2D eigenvalue weighted by Crippen LogP contribution is 2.18. The fraction of sp³-hybridized carbons (Fsp3) is 0.825. The molecule has 0 aromatic rings. The van der Waals surface area contributed by atoms with E-state index >= 15 is 0 Å². The van der Waals surface area contributed by atoms with Crippen LogP contribution in [0.2, 0.25) is 0 Å². The molecule has 0 aromatic heterocycles. The van der Waals surface area contributed by atoms with Crippen LogP contribution in [-0.2, 0) is 14.3 Å². The van der Waals surface area contributed by atoms with Gasteiger partial charge in [0.25, 0.3) is 0 Å². The number of allylic oxidation sites excluding steroid dienone is 8. The van der Waals surface area contributed by atoms with Gasteiger partial charge in [0.2, 0.25) is 5.91 Å². The second-order valence-electron chi connectivity index (χ2n) is 18.6. The van der Waals surface area contributed by atoms with Gasteiger partial charge >= 0.3 is 5.97 Å². The van der Waals surface area contributed by atoms with Crippen molar-refractivity contribution in [3.05, 3.63) is 48.6 Å². The van der Waals surface area contributed by atoms with Crippen LogP contribution in [0, 0.1) is 0 Å². The van der Waals surface area contributed by atoms with Crippen LogP contribution in [0.1, 0.15) is 278 Å². The van der Waals surface area contributed by atoms with Crippen LogP contribution in [-0.4, -0.2) is 46.9 Å². The molecule has 0 saturated carbocycles. The monoisotopic (exact) mass is 884 g/mol. The number of carbonyl (C=O) groups excluding carboxylic acids is 2. The number of aliphatic hydroxyl groups excluding tert-OH is 2. The molecule has 0 aliphatic rings. The van der Waals surface area contributed by atoms with Crippen LogP contribution in [0.15, 0.2) is 48.6 Å². The summed E-state index contributed by atoms with van der Waals surface area (Å²) < 4.78 is 5.92. The minimum absolute atomic E-state index is 0.0617. The molecule has 0 fully saturated rings. The quantitative estimate of drug-likeness (QED) is 0.0321. The van der Waals surface area contributed by atoms with Gasteiger partial charge in [-0.25, -0.2) is 0 Å². The van der Waals surface area contributed by atoms with Crippen LogP contribution in [0.4, 0.5) is 0 Å². The van der Waals surface area contributed by atoms with Crippen LogP contribution in [0.5, 0.6) is 0 Å². The number of unbranched alkanes of at least 4 members (excludes halogenated alkanes) is 29. The van der Waals surface area contributed by atoms with Crippen LogP contribution >= 0.6 is 0 Å². The summed E-state index contributed by atoms with van der Waals surface area (Å²) in [7, 11) is 0. The average molecular weight is 884 g/mol. The minimum Gasteiger partial charge on any atom is -0.462 e. The lowest BCUT2D eigenvalue weighted by Crippen LogP contribution is -2.46. The average Bonchev–Trinajstić information content (AvgIpc) is 3.28. The standard InChI is InChI=1S/C57H105NO5/c1-4-7-10-13-16-19-21-23-25-27-28-29-31-33-35-38-41-44-47-50-57(62)63-53(48-45-42-39-36-18-15-12-9-6-3)51-56(61)58-54(52-59)55(60)49-46-43-40-37-34-32-30-26-24-22-20-17-14-11-8-5-2/h15-16,18-19,23,25,28-29,53-55,59-60H,4-14,17,20-22,24,26-27,30-52H2,1-3H3,(H,58,61)/b18-15-,19-16-,25-23-,29-28-. The summed E-state index contributed by atoms with van der Waals surface area (Å²) in [5.74, 6) is -0.500. The first-order valence-corrected chi connectivity index (χ1v) is 27.4. The van der Waals surface area contributed by atoms with Crippen LogP contribution in [0.3, 0.4) is 0 Å². The Morgan fingerprint density at radius 1 is 0.460 bits per heavy atom. The summed E-state index contributed by atoms with van der Waals surface area (Å²) >= 11 is 0. The van der Waals surface area contributed by atoms with Gasteiger partial charge in [0.15, 0.2) is 0 Å². The Morgan fingerprint density at radius 3 is 1.33 bits per heavy atom. The molecule has 0 rings (SSSR count). The highest BCUT2D eigenvalue weighted by Gasteiger charge is 2.24. The third kappa shape index (κ3) is 46.2. The number of esters is 1. The lowest BCUT2D eigenvalue weighted by atomic mass is 10.0. The third-order valence-electron chi connectivity index (χ3n) is 12.4. The molecule has 3 atom stereocenters. The molecule has 0 spiro atoms. The maximum Gasteiger partial charge on any atom is 0.306 e. The number of aliphatic hydroxyl groups is 2. The van der Waals surface area contributed by atoms with E-state index in [1.807, 2.05) is 0 Å². The van der Waals surface area contributed by atoms with Crippen LogP contribution in [0.25, 0.3) is 0 Å². The first-order valence-electron chi connectivity index (χ1n) is 27.4. The molecule has 0 bridgehead atoms. The van der Waals surface area contributed by atoms with E-state index in [-0.39, 0.29) is 24.9 Å². The fourth-order valence-corrected chi connectivity index (χ4v) is 8.18. The minimum atomic E-state index is -0.793. The van der Waals surface area contributed by atoms with Crippen molar-refractivity contribution >= 4 is 11.9 Å². The number of amides is 1. The van der Waals surface area contributed by atoms with Gasteiger partial charge in [-0.3, -0.25) is 9.59 Å². The molecule has 0 aliphatic carbocycles. The van der Waals surface area contributed by atoms with Crippen molar-refractivity contribution in [2.75, 3.05) is 6.61 Å². The van der Waals surface area contributed by atoms with Crippen molar-refractivity contribution in [2.45, 2.75) is 296 Å². The second-order valence-corrected chi connectivity index (χ2v) is 18.6. The first-order chi connectivity index (χ1) is 31.0. The number of hydrogen-bond donors (Lipinski definition) is 3. The molecular formula is C57H105NO5. The highest BCUT2D eigenvalue weighted by atomic mass is 16.5. The van der Waals surface area contributed by atoms with Gasteiger partial charge in [0.1, 0.15) is 6.10 Å². The number of nitrogens with one attached hydrogen (secondary N) is 1. The number of rotatable bonds is 49. The summed E-state index contributed by atoms with van der Waals surface area (Å²) in [4.78, 5) is 26.1. The molecule has 0 radical (unpaired) electrons. The molecule has 0 saturated heterocycles. The van der Waals surface area contributed by atoms with E-state index in [0.29, 0.717) is 19.3 Å². The van der Waals surface area contributed by atoms with Gasteiger partial charge in [-0.05, 0) is 83.5 Å². The lowest BCUT2D eigenvalue weighted by molar-refractivity contribution is -0.151. The topological polar surface area (TPSA) is 95.9 Å². The Bertz CT molecular complexity index is 1080. The van der Waals surface area contributed by atoms with Gasteiger partial charge < -0.3 is 20.3 Å². The summed E-state index contributed by atoms with van der Waals surface area (Å²) in [6.07, 6.45) is 61.8. The van der Waals surface area contributed by atoms with Gasteiger partial charge in [0.05, 0.1) is 25.2 Å². The SMILES string of the molecule is CCCC/C=C\CCCCCC(CC(=O)NC(CO)C(O)CCCCCCCCCCCCCCCCCC)OC(=O)CCCCCCCC/C=C\C/C=C\C/C=C\CCCCC. The fourth-order valence-electron chi connectivity index (χ4n) is 8.18. The summed E-state index contributed by atoms with van der Waals surface area (Å²) in [6.45, 7) is 6.42. The molecule has 3 N–H and O–H groups in total. The lowest BCUT2D eigenvalue weighted by Gasteiger charge is -2.24. The maximum atomic E-state index is 13.2. The molecule has 6 nitrogen and oxygen atoms in total. The molecule has 368 valence electrons. The normalized spacial score (nSPS) is 13.5. The van der Waals surface area contributed by atoms with E-state index in [1.54, 1.807) is 0 Å². The zero-order valence-electron chi connectivity index (χ0n) is 42.0. The molecule has 3 unspecified atom stereocenters. The number of ether oxygens (including phenoxy) is 1. The summed E-state index contributed by atoms with van der Waals surface area (Å²) in [6, 6.07) is -0.708. The van der Waals surface area contributed by atoms with E-state index in [0.717, 1.165) is 89.9 Å². The van der Waals surface area contributed by atoms with Crippen molar-refractivity contribution in [1.29, 1.82) is 0 Å². The Hall–Kier alpha value is -2.18. The molecular weight excluding hydrogens is 779 g/mol. The summed E-state index contributed by atoms with van der Waals surface area (Å²) in [5, 5.41) is 23.8. The summed E-state index contributed by atoms with van der Waals surface area (Å²) in [5.41, 5.74) is 0. The predicted octanol–water partition coefficient (Wildman–Crippen LogP) is 16.6. The molecule has 0 aromatic carbocycles. The Kier molecular flexibility index (Phi) is 49.1. The zero-order valence-corrected chi connectivity index (χ0v) is 42.0. The van der Waals surface area contributed by atoms with E-state index in [9.17, 15) is 19.8 Å². The van der Waals surface area contributed by atoms with Crippen molar-refractivity contribution in [2.24, 2.45) is 0 Å². The predicted molar refractivity (Wildman–Crippen MR) is 273 cm³/mol. The second kappa shape index (κ2) is 50.8. The van der Waals surface area contributed by atoms with Gasteiger partial charge in [0, 0.05) is 6.42 Å². The Morgan fingerprint density at radius 2 is 0.825 bits per heavy atom. The van der Waals surface area contributed by atoms with Crippen molar-refractivity contribution < 1.29 is 24.5 Å². The van der Waals surface area contributed by atoms with Gasteiger partial charge in [-0.1, -0.05) is 230 Å². The Balaban J connectivity index is 4.43. The Labute approximate surface area is 391 Å². The maximum absolute atomic E-state index is 13.2. The molecule has 0 aliphatic heterocycles. The van der Waals surface area contributed by atoms with Crippen molar-refractivity contribution in [3.63, 3.8) is 0 Å². The third-order valence-corrected chi connectivity index (χ3v) is 12.4.